The Morgan fingerprint density at radius 1 is 1.12 bits per heavy atom. The summed E-state index contributed by atoms with van der Waals surface area (Å²) in [4.78, 5) is 33.7. The van der Waals surface area contributed by atoms with Gasteiger partial charge in [0.25, 0.3) is 0 Å². The van der Waals surface area contributed by atoms with Gasteiger partial charge in [-0.1, -0.05) is 50.2 Å². The number of hydrogen-bond donors (Lipinski definition) is 0. The fourth-order valence-electron chi connectivity index (χ4n) is 4.00. The average Bonchev–Trinajstić information content (AvgIpc) is 2.80. The summed E-state index contributed by atoms with van der Waals surface area (Å²) in [5.41, 5.74) is 1.31. The molecule has 2 heterocycles. The summed E-state index contributed by atoms with van der Waals surface area (Å²) in [5.74, 6) is 0.794. The van der Waals surface area contributed by atoms with Crippen molar-refractivity contribution in [2.75, 3.05) is 18.0 Å². The van der Waals surface area contributed by atoms with Gasteiger partial charge in [0.15, 0.2) is 0 Å². The van der Waals surface area contributed by atoms with E-state index in [2.05, 4.69) is 4.98 Å². The molecule has 0 N–H and O–H groups in total. The number of amides is 2. The molecule has 7 nitrogen and oxygen atoms in total. The van der Waals surface area contributed by atoms with Gasteiger partial charge in [-0.15, -0.1) is 0 Å². The molecule has 1 aromatic heterocycles. The average molecular weight is 468 g/mol. The number of ether oxygens (including phenoxy) is 2. The van der Waals surface area contributed by atoms with E-state index in [0.717, 1.165) is 30.4 Å². The number of nitrogens with zero attached hydrogens (tertiary/aromatic N) is 3. The van der Waals surface area contributed by atoms with E-state index in [1.54, 1.807) is 16.0 Å². The van der Waals surface area contributed by atoms with Gasteiger partial charge in [-0.05, 0) is 63.1 Å². The lowest BCUT2D eigenvalue weighted by molar-refractivity contribution is 0.0574. The van der Waals surface area contributed by atoms with Crippen LogP contribution >= 0.6 is 0 Å². The van der Waals surface area contributed by atoms with Crippen LogP contribution in [0.4, 0.5) is 15.4 Å². The third kappa shape index (κ3) is 7.20. The highest BCUT2D eigenvalue weighted by atomic mass is 16.6. The van der Waals surface area contributed by atoms with Crippen molar-refractivity contribution >= 4 is 18.0 Å². The second-order valence-electron chi connectivity index (χ2n) is 10.2. The summed E-state index contributed by atoms with van der Waals surface area (Å²) in [7, 11) is 0. The van der Waals surface area contributed by atoms with Crippen LogP contribution in [0.15, 0.2) is 48.7 Å². The first-order valence-corrected chi connectivity index (χ1v) is 12.1. The van der Waals surface area contributed by atoms with Crippen LogP contribution in [0, 0.1) is 5.92 Å². The minimum absolute atomic E-state index is 0.0985. The topological polar surface area (TPSA) is 72.0 Å². The molecule has 0 saturated carbocycles. The maximum absolute atomic E-state index is 12.9. The second-order valence-corrected chi connectivity index (χ2v) is 10.2. The molecule has 0 aliphatic carbocycles. The van der Waals surface area contributed by atoms with Gasteiger partial charge in [-0.25, -0.2) is 14.6 Å². The van der Waals surface area contributed by atoms with E-state index in [1.165, 1.54) is 0 Å². The first-order valence-electron chi connectivity index (χ1n) is 12.1. The molecule has 0 bridgehead atoms. The van der Waals surface area contributed by atoms with Crippen LogP contribution in [-0.2, 0) is 16.1 Å². The summed E-state index contributed by atoms with van der Waals surface area (Å²) in [6, 6.07) is 13.4. The number of aromatic nitrogens is 1. The van der Waals surface area contributed by atoms with Crippen LogP contribution in [0.25, 0.3) is 0 Å². The molecule has 1 aliphatic rings. The molecule has 0 spiro atoms. The van der Waals surface area contributed by atoms with Gasteiger partial charge in [0.1, 0.15) is 18.0 Å². The van der Waals surface area contributed by atoms with Crippen molar-refractivity contribution in [1.82, 2.24) is 9.88 Å². The largest absolute Gasteiger partial charge is 0.445 e. The van der Waals surface area contributed by atoms with Crippen LogP contribution in [-0.4, -0.2) is 40.8 Å². The Kier molecular flexibility index (Phi) is 8.53. The van der Waals surface area contributed by atoms with Gasteiger partial charge in [0.05, 0.1) is 6.04 Å². The first kappa shape index (κ1) is 25.5. The minimum atomic E-state index is -0.588. The third-order valence-electron chi connectivity index (χ3n) is 5.54. The molecular formula is C27H37N3O4. The van der Waals surface area contributed by atoms with Crippen LogP contribution < -0.4 is 4.90 Å². The fourth-order valence-corrected chi connectivity index (χ4v) is 4.00. The van der Waals surface area contributed by atoms with Gasteiger partial charge >= 0.3 is 12.2 Å². The highest BCUT2D eigenvalue weighted by Gasteiger charge is 2.30. The lowest BCUT2D eigenvalue weighted by Crippen LogP contribution is -2.40. The summed E-state index contributed by atoms with van der Waals surface area (Å²) < 4.78 is 11.2. The molecule has 0 unspecified atom stereocenters. The molecule has 1 aliphatic heterocycles. The minimum Gasteiger partial charge on any atom is -0.445 e. The maximum atomic E-state index is 12.9. The Labute approximate surface area is 203 Å². The number of piperidine rings is 1. The predicted molar refractivity (Wildman–Crippen MR) is 133 cm³/mol. The molecule has 0 radical (unpaired) electrons. The van der Waals surface area contributed by atoms with Crippen molar-refractivity contribution in [1.29, 1.82) is 0 Å². The number of likely N-dealkylation sites (tertiary alicyclic amines) is 1. The maximum Gasteiger partial charge on any atom is 0.416 e. The van der Waals surface area contributed by atoms with Crippen LogP contribution in [0.1, 0.15) is 71.0 Å². The van der Waals surface area contributed by atoms with E-state index in [9.17, 15) is 9.59 Å². The Hall–Kier alpha value is -3.09. The van der Waals surface area contributed by atoms with Crippen molar-refractivity contribution in [3.63, 3.8) is 0 Å². The molecule has 2 aromatic rings. The molecule has 34 heavy (non-hydrogen) atoms. The van der Waals surface area contributed by atoms with Crippen molar-refractivity contribution in [2.24, 2.45) is 5.92 Å². The number of benzene rings is 1. The molecule has 184 valence electrons. The highest BCUT2D eigenvalue weighted by molar-refractivity contribution is 5.86. The molecule has 1 fully saturated rings. The van der Waals surface area contributed by atoms with E-state index in [1.807, 2.05) is 77.1 Å². The van der Waals surface area contributed by atoms with Crippen molar-refractivity contribution in [3.05, 3.63) is 59.8 Å². The molecule has 2 amide bonds. The van der Waals surface area contributed by atoms with Gasteiger partial charge in [-0.3, -0.25) is 4.90 Å². The summed E-state index contributed by atoms with van der Waals surface area (Å²) >= 11 is 0. The smallest absolute Gasteiger partial charge is 0.416 e. The van der Waals surface area contributed by atoms with Gasteiger partial charge in [0.2, 0.25) is 0 Å². The van der Waals surface area contributed by atoms with Gasteiger partial charge in [-0.2, -0.15) is 0 Å². The van der Waals surface area contributed by atoms with Crippen LogP contribution in [0.5, 0.6) is 0 Å². The lowest BCUT2D eigenvalue weighted by atomic mass is 9.97. The van der Waals surface area contributed by atoms with Crippen molar-refractivity contribution < 1.29 is 19.1 Å². The number of carbonyl (C=O) groups is 2. The fraction of sp³-hybridized carbons (Fsp3) is 0.519. The van der Waals surface area contributed by atoms with Gasteiger partial charge < -0.3 is 14.4 Å². The van der Waals surface area contributed by atoms with Crippen LogP contribution in [0.3, 0.4) is 0 Å². The summed E-state index contributed by atoms with van der Waals surface area (Å²) in [6.45, 7) is 11.1. The Bertz CT molecular complexity index is 939. The monoisotopic (exact) mass is 467 g/mol. The molecule has 7 heteroatoms. The molecular weight excluding hydrogens is 430 g/mol. The zero-order chi connectivity index (χ0) is 24.7. The molecule has 3 rings (SSSR count). The molecule has 1 aromatic carbocycles. The van der Waals surface area contributed by atoms with E-state index >= 15 is 0 Å². The third-order valence-corrected chi connectivity index (χ3v) is 5.54. The SMILES string of the molecule is CC(C)CN(C(=O)OC(C)(C)C)c1ccc([C@@H]2CCCCN2C(=O)OCc2ccccc2)cn1. The van der Waals surface area contributed by atoms with Gasteiger partial charge in [0, 0.05) is 19.3 Å². The zero-order valence-corrected chi connectivity index (χ0v) is 21.0. The van der Waals surface area contributed by atoms with E-state index < -0.39 is 11.7 Å². The number of anilines is 1. The first-order chi connectivity index (χ1) is 16.1. The Morgan fingerprint density at radius 3 is 2.47 bits per heavy atom. The second kappa shape index (κ2) is 11.4. The standard InChI is InChI=1S/C27H37N3O4/c1-20(2)18-30(26(32)34-27(3,4)5)24-15-14-22(17-28-24)23-13-9-10-16-29(23)25(31)33-19-21-11-7-6-8-12-21/h6-8,11-12,14-15,17,20,23H,9-10,13,16,18-19H2,1-5H3/t23-/m0/s1. The van der Waals surface area contributed by atoms with Crippen molar-refractivity contribution in [2.45, 2.75) is 72.1 Å². The summed E-state index contributed by atoms with van der Waals surface area (Å²) in [5, 5.41) is 0. The highest BCUT2D eigenvalue weighted by Crippen LogP contribution is 2.32. The Balaban J connectivity index is 1.73. The van der Waals surface area contributed by atoms with E-state index in [0.29, 0.717) is 18.9 Å². The molecule has 1 saturated heterocycles. The number of hydrogen-bond acceptors (Lipinski definition) is 5. The predicted octanol–water partition coefficient (Wildman–Crippen LogP) is 6.34. The summed E-state index contributed by atoms with van der Waals surface area (Å²) in [6.07, 6.45) is 3.87. The number of pyridine rings is 1. The number of carbonyl (C=O) groups excluding carboxylic acids is 2. The van der Waals surface area contributed by atoms with E-state index in [-0.39, 0.29) is 24.7 Å². The lowest BCUT2D eigenvalue weighted by Gasteiger charge is -2.35. The Morgan fingerprint density at radius 2 is 1.85 bits per heavy atom. The van der Waals surface area contributed by atoms with Crippen molar-refractivity contribution in [3.8, 4) is 0 Å². The van der Waals surface area contributed by atoms with Crippen LogP contribution in [0.2, 0.25) is 0 Å². The molecule has 1 atom stereocenters. The quantitative estimate of drug-likeness (QED) is 0.495. The zero-order valence-electron chi connectivity index (χ0n) is 21.0. The van der Waals surface area contributed by atoms with E-state index in [4.69, 9.17) is 9.47 Å². The number of rotatable bonds is 6. The normalized spacial score (nSPS) is 16.3.